The number of nitrogens with zero attached hydrogens (tertiary/aromatic N) is 3. The number of benzene rings is 2. The molecular formula is C20H13BrClN3O. The second kappa shape index (κ2) is 7.02. The molecule has 0 radical (unpaired) electrons. The highest BCUT2D eigenvalue weighted by Crippen LogP contribution is 2.24. The number of furan rings is 1. The van der Waals surface area contributed by atoms with E-state index >= 15 is 0 Å². The average molecular weight is 427 g/mol. The Hall–Kier alpha value is -2.50. The van der Waals surface area contributed by atoms with Crippen LogP contribution in [-0.4, -0.2) is 16.9 Å². The predicted molar refractivity (Wildman–Crippen MR) is 110 cm³/mol. The Kier molecular flexibility index (Phi) is 4.57. The molecule has 0 spiro atoms. The zero-order chi connectivity index (χ0) is 18.1. The third-order valence-corrected chi connectivity index (χ3v) is 4.74. The van der Waals surface area contributed by atoms with Gasteiger partial charge in [-0.15, -0.1) is 0 Å². The van der Waals surface area contributed by atoms with Gasteiger partial charge in [0.1, 0.15) is 16.4 Å². The molecule has 128 valence electrons. The van der Waals surface area contributed by atoms with Crippen LogP contribution in [0.5, 0.6) is 0 Å². The van der Waals surface area contributed by atoms with Crippen LogP contribution in [0.3, 0.4) is 0 Å². The summed E-state index contributed by atoms with van der Waals surface area (Å²) >= 11 is 9.69. The largest absolute Gasteiger partial charge is 0.455 e. The Balaban J connectivity index is 1.62. The maximum absolute atomic E-state index is 6.23. The molecule has 0 amide bonds. The van der Waals surface area contributed by atoms with E-state index in [9.17, 15) is 0 Å². The molecule has 4 rings (SSSR count). The summed E-state index contributed by atoms with van der Waals surface area (Å²) in [6, 6.07) is 17.5. The number of halogens is 2. The molecule has 4 aromatic rings. The first-order valence-electron chi connectivity index (χ1n) is 7.92. The maximum Gasteiger partial charge on any atom is 0.151 e. The van der Waals surface area contributed by atoms with E-state index in [0.717, 1.165) is 31.9 Å². The van der Waals surface area contributed by atoms with Crippen LogP contribution in [0.1, 0.15) is 18.2 Å². The normalized spacial score (nSPS) is 12.5. The second-order valence-corrected chi connectivity index (χ2v) is 7.06. The van der Waals surface area contributed by atoms with Gasteiger partial charge in [-0.3, -0.25) is 0 Å². The minimum absolute atomic E-state index is 0.397. The SMILES string of the molecule is C/C(=N\N=C\c1cc2ccccc2nc1Cl)c1cc2cc(Br)ccc2o1. The van der Waals surface area contributed by atoms with Crippen molar-refractivity contribution in [3.63, 3.8) is 0 Å². The maximum atomic E-state index is 6.23. The zero-order valence-corrected chi connectivity index (χ0v) is 16.1. The molecule has 0 bridgehead atoms. The first-order valence-corrected chi connectivity index (χ1v) is 9.09. The molecular weight excluding hydrogens is 414 g/mol. The topological polar surface area (TPSA) is 50.8 Å². The molecule has 0 saturated heterocycles. The van der Waals surface area contributed by atoms with E-state index < -0.39 is 0 Å². The molecule has 0 aliphatic heterocycles. The van der Waals surface area contributed by atoms with Crippen molar-refractivity contribution in [2.45, 2.75) is 6.92 Å². The Morgan fingerprint density at radius 1 is 1.12 bits per heavy atom. The van der Waals surface area contributed by atoms with E-state index in [1.165, 1.54) is 0 Å². The summed E-state index contributed by atoms with van der Waals surface area (Å²) in [6.07, 6.45) is 1.60. The molecule has 0 N–H and O–H groups in total. The van der Waals surface area contributed by atoms with E-state index in [2.05, 4.69) is 31.1 Å². The molecule has 0 aliphatic rings. The van der Waals surface area contributed by atoms with E-state index in [-0.39, 0.29) is 0 Å². The van der Waals surface area contributed by atoms with Crippen LogP contribution in [0, 0.1) is 0 Å². The molecule has 0 fully saturated rings. The predicted octanol–water partition coefficient (Wildman–Crippen LogP) is 6.24. The van der Waals surface area contributed by atoms with Gasteiger partial charge < -0.3 is 4.42 Å². The summed E-state index contributed by atoms with van der Waals surface area (Å²) in [5, 5.41) is 10.8. The summed E-state index contributed by atoms with van der Waals surface area (Å²) in [5.41, 5.74) is 3.06. The number of hydrogen-bond acceptors (Lipinski definition) is 4. The van der Waals surface area contributed by atoms with Gasteiger partial charge in [0.2, 0.25) is 0 Å². The van der Waals surface area contributed by atoms with Crippen LogP contribution in [-0.2, 0) is 0 Å². The molecule has 0 atom stereocenters. The van der Waals surface area contributed by atoms with Crippen molar-refractivity contribution >= 4 is 61.3 Å². The molecule has 0 unspecified atom stereocenters. The highest BCUT2D eigenvalue weighted by atomic mass is 79.9. The first kappa shape index (κ1) is 16.9. The van der Waals surface area contributed by atoms with Crippen molar-refractivity contribution in [1.29, 1.82) is 0 Å². The molecule has 2 aromatic carbocycles. The van der Waals surface area contributed by atoms with Crippen LogP contribution in [0.15, 0.2) is 73.7 Å². The van der Waals surface area contributed by atoms with Gasteiger partial charge in [0, 0.05) is 20.8 Å². The minimum Gasteiger partial charge on any atom is -0.455 e. The van der Waals surface area contributed by atoms with E-state index in [1.54, 1.807) is 6.21 Å². The van der Waals surface area contributed by atoms with Crippen molar-refractivity contribution in [1.82, 2.24) is 4.98 Å². The van der Waals surface area contributed by atoms with Gasteiger partial charge in [-0.2, -0.15) is 10.2 Å². The van der Waals surface area contributed by atoms with Crippen molar-refractivity contribution in [3.05, 3.63) is 75.5 Å². The lowest BCUT2D eigenvalue weighted by Crippen LogP contribution is -1.91. The van der Waals surface area contributed by atoms with Crippen LogP contribution >= 0.6 is 27.5 Å². The van der Waals surface area contributed by atoms with E-state index in [4.69, 9.17) is 16.0 Å². The van der Waals surface area contributed by atoms with Crippen LogP contribution in [0.4, 0.5) is 0 Å². The standard InChI is InChI=1S/C20H13BrClN3O/c1-12(19-10-14-9-16(21)6-7-18(14)26-19)25-23-11-15-8-13-4-2-3-5-17(13)24-20(15)22/h2-11H,1H3/b23-11+,25-12+. The zero-order valence-electron chi connectivity index (χ0n) is 13.8. The third kappa shape index (κ3) is 3.41. The minimum atomic E-state index is 0.397. The fourth-order valence-electron chi connectivity index (χ4n) is 2.62. The summed E-state index contributed by atoms with van der Waals surface area (Å²) in [7, 11) is 0. The summed E-state index contributed by atoms with van der Waals surface area (Å²) in [5.74, 6) is 0.679. The highest BCUT2D eigenvalue weighted by Gasteiger charge is 2.07. The number of aromatic nitrogens is 1. The number of hydrogen-bond donors (Lipinski definition) is 0. The Morgan fingerprint density at radius 2 is 1.96 bits per heavy atom. The highest BCUT2D eigenvalue weighted by molar-refractivity contribution is 9.10. The Morgan fingerprint density at radius 3 is 2.85 bits per heavy atom. The molecule has 2 heterocycles. The fraction of sp³-hybridized carbons (Fsp3) is 0.0500. The van der Waals surface area contributed by atoms with Crippen LogP contribution < -0.4 is 0 Å². The smallest absolute Gasteiger partial charge is 0.151 e. The molecule has 0 aliphatic carbocycles. The molecule has 0 saturated carbocycles. The third-order valence-electron chi connectivity index (χ3n) is 3.94. The summed E-state index contributed by atoms with van der Waals surface area (Å²) in [6.45, 7) is 1.85. The van der Waals surface area contributed by atoms with E-state index in [0.29, 0.717) is 16.6 Å². The Bertz CT molecular complexity index is 1180. The quantitative estimate of drug-likeness (QED) is 0.221. The van der Waals surface area contributed by atoms with Gasteiger partial charge in [-0.1, -0.05) is 45.7 Å². The van der Waals surface area contributed by atoms with Crippen LogP contribution in [0.2, 0.25) is 5.15 Å². The van der Waals surface area contributed by atoms with Gasteiger partial charge in [-0.05, 0) is 43.3 Å². The van der Waals surface area contributed by atoms with Crippen molar-refractivity contribution < 1.29 is 4.42 Å². The lowest BCUT2D eigenvalue weighted by Gasteiger charge is -2.00. The number of pyridine rings is 1. The summed E-state index contributed by atoms with van der Waals surface area (Å²) < 4.78 is 6.81. The number of para-hydroxylation sites is 1. The van der Waals surface area contributed by atoms with Gasteiger partial charge in [0.15, 0.2) is 5.76 Å². The van der Waals surface area contributed by atoms with Gasteiger partial charge >= 0.3 is 0 Å². The monoisotopic (exact) mass is 425 g/mol. The second-order valence-electron chi connectivity index (χ2n) is 5.78. The first-order chi connectivity index (χ1) is 12.6. The van der Waals surface area contributed by atoms with Gasteiger partial charge in [0.05, 0.1) is 11.7 Å². The van der Waals surface area contributed by atoms with Crippen molar-refractivity contribution in [2.24, 2.45) is 10.2 Å². The van der Waals surface area contributed by atoms with Gasteiger partial charge in [-0.25, -0.2) is 4.98 Å². The Labute approximate surface area is 163 Å². The number of fused-ring (bicyclic) bond motifs is 2. The molecule has 2 aromatic heterocycles. The van der Waals surface area contributed by atoms with Gasteiger partial charge in [0.25, 0.3) is 0 Å². The van der Waals surface area contributed by atoms with Crippen LogP contribution in [0.25, 0.3) is 21.9 Å². The lowest BCUT2D eigenvalue weighted by atomic mass is 10.2. The van der Waals surface area contributed by atoms with E-state index in [1.807, 2.05) is 61.5 Å². The van der Waals surface area contributed by atoms with Crippen molar-refractivity contribution in [2.75, 3.05) is 0 Å². The average Bonchev–Trinajstić information content (AvgIpc) is 3.05. The lowest BCUT2D eigenvalue weighted by molar-refractivity contribution is 0.604. The van der Waals surface area contributed by atoms with Crippen molar-refractivity contribution in [3.8, 4) is 0 Å². The fourth-order valence-corrected chi connectivity index (χ4v) is 3.19. The summed E-state index contributed by atoms with van der Waals surface area (Å²) in [4.78, 5) is 4.37. The molecule has 6 heteroatoms. The number of rotatable bonds is 3. The molecule has 4 nitrogen and oxygen atoms in total. The molecule has 26 heavy (non-hydrogen) atoms.